The largest absolute Gasteiger partial charge is 0.326 e. The van der Waals surface area contributed by atoms with Crippen LogP contribution < -0.4 is 0 Å². The maximum atomic E-state index is 12.5. The van der Waals surface area contributed by atoms with E-state index >= 15 is 0 Å². The molecule has 2 rings (SSSR count). The molecule has 1 aromatic carbocycles. The maximum Gasteiger partial charge on any atom is 0.224 e. The van der Waals surface area contributed by atoms with Gasteiger partial charge in [0, 0.05) is 24.3 Å². The number of rotatable bonds is 2. The van der Waals surface area contributed by atoms with E-state index in [0.717, 1.165) is 17.9 Å². The van der Waals surface area contributed by atoms with Gasteiger partial charge < -0.3 is 4.90 Å². The number of carbonyl (C=O) groups excluding carboxylic acids is 1. The third-order valence-electron chi connectivity index (χ3n) is 3.14. The molecule has 5 heteroatoms. The Hall–Kier alpha value is -0.380. The van der Waals surface area contributed by atoms with Crippen LogP contribution in [0.4, 0.5) is 0 Å². The van der Waals surface area contributed by atoms with Crippen LogP contribution in [0, 0.1) is 5.41 Å². The molecular formula is C15H19Cl2NOS. The lowest BCUT2D eigenvalue weighted by molar-refractivity contribution is -0.133. The minimum Gasteiger partial charge on any atom is -0.326 e. The highest BCUT2D eigenvalue weighted by atomic mass is 35.5. The molecule has 1 unspecified atom stereocenters. The lowest BCUT2D eigenvalue weighted by Gasteiger charge is -2.28. The molecule has 1 aliphatic rings. The molecule has 1 saturated heterocycles. The molecule has 0 bridgehead atoms. The van der Waals surface area contributed by atoms with E-state index in [4.69, 9.17) is 23.2 Å². The Labute approximate surface area is 134 Å². The number of hydrogen-bond acceptors (Lipinski definition) is 2. The van der Waals surface area contributed by atoms with Crippen molar-refractivity contribution in [3.05, 3.63) is 33.8 Å². The van der Waals surface area contributed by atoms with Crippen molar-refractivity contribution < 1.29 is 4.79 Å². The van der Waals surface area contributed by atoms with Gasteiger partial charge in [-0.2, -0.15) is 0 Å². The van der Waals surface area contributed by atoms with Crippen molar-refractivity contribution in [2.75, 3.05) is 12.3 Å². The first-order valence-electron chi connectivity index (χ1n) is 6.64. The summed E-state index contributed by atoms with van der Waals surface area (Å²) < 4.78 is 0. The van der Waals surface area contributed by atoms with E-state index in [2.05, 4.69) is 20.8 Å². The van der Waals surface area contributed by atoms with E-state index in [0.29, 0.717) is 16.5 Å². The first-order chi connectivity index (χ1) is 9.29. The molecule has 0 saturated carbocycles. The van der Waals surface area contributed by atoms with Crippen LogP contribution in [0.15, 0.2) is 18.2 Å². The quantitative estimate of drug-likeness (QED) is 0.759. The van der Waals surface area contributed by atoms with Crippen LogP contribution in [0.25, 0.3) is 0 Å². The fraction of sp³-hybridized carbons (Fsp3) is 0.533. The highest BCUT2D eigenvalue weighted by Gasteiger charge is 2.33. The van der Waals surface area contributed by atoms with E-state index in [1.807, 2.05) is 17.0 Å². The minimum absolute atomic E-state index is 0.00693. The van der Waals surface area contributed by atoms with Crippen molar-refractivity contribution in [2.45, 2.75) is 32.6 Å². The molecule has 110 valence electrons. The molecule has 0 aromatic heterocycles. The standard InChI is InChI=1S/C15H19Cl2NOS/c1-15(2,3)9-12(19)18-7-8-20-14(18)10-5-4-6-11(16)13(10)17/h4-6,14H,7-9H2,1-3H3. The normalized spacial score (nSPS) is 19.4. The lowest BCUT2D eigenvalue weighted by Crippen LogP contribution is -2.33. The summed E-state index contributed by atoms with van der Waals surface area (Å²) in [6.07, 6.45) is 0.544. The zero-order chi connectivity index (χ0) is 14.9. The minimum atomic E-state index is -0.0175. The summed E-state index contributed by atoms with van der Waals surface area (Å²) in [5, 5.41) is 1.08. The van der Waals surface area contributed by atoms with Gasteiger partial charge >= 0.3 is 0 Å². The summed E-state index contributed by atoms with van der Waals surface area (Å²) in [6, 6.07) is 5.61. The second kappa shape index (κ2) is 6.17. The average Bonchev–Trinajstić information content (AvgIpc) is 2.79. The number of benzene rings is 1. The van der Waals surface area contributed by atoms with Crippen LogP contribution in [-0.4, -0.2) is 23.1 Å². The van der Waals surface area contributed by atoms with Crippen molar-refractivity contribution in [3.8, 4) is 0 Å². The molecule has 0 spiro atoms. The summed E-state index contributed by atoms with van der Waals surface area (Å²) >= 11 is 14.1. The van der Waals surface area contributed by atoms with E-state index < -0.39 is 0 Å². The van der Waals surface area contributed by atoms with Crippen LogP contribution in [-0.2, 0) is 4.79 Å². The van der Waals surface area contributed by atoms with E-state index in [1.54, 1.807) is 17.8 Å². The molecule has 1 aromatic rings. The Kier molecular flexibility index (Phi) is 4.93. The Morgan fingerprint density at radius 2 is 2.10 bits per heavy atom. The van der Waals surface area contributed by atoms with Gasteiger partial charge in [0.1, 0.15) is 5.37 Å². The molecule has 1 amide bonds. The Bertz CT molecular complexity index is 513. The SMILES string of the molecule is CC(C)(C)CC(=O)N1CCSC1c1cccc(Cl)c1Cl. The van der Waals surface area contributed by atoms with Gasteiger partial charge in [-0.1, -0.05) is 56.1 Å². The van der Waals surface area contributed by atoms with Gasteiger partial charge in [-0.15, -0.1) is 11.8 Å². The van der Waals surface area contributed by atoms with Crippen LogP contribution in [0.3, 0.4) is 0 Å². The summed E-state index contributed by atoms with van der Waals surface area (Å²) in [5.74, 6) is 1.12. The highest BCUT2D eigenvalue weighted by Crippen LogP contribution is 2.43. The first kappa shape index (κ1) is 16.0. The molecule has 1 atom stereocenters. The Morgan fingerprint density at radius 3 is 2.75 bits per heavy atom. The van der Waals surface area contributed by atoms with Gasteiger partial charge in [0.05, 0.1) is 10.0 Å². The van der Waals surface area contributed by atoms with Crippen molar-refractivity contribution in [2.24, 2.45) is 5.41 Å². The topological polar surface area (TPSA) is 20.3 Å². The van der Waals surface area contributed by atoms with Crippen LogP contribution in [0.5, 0.6) is 0 Å². The smallest absolute Gasteiger partial charge is 0.224 e. The molecular weight excluding hydrogens is 313 g/mol. The van der Waals surface area contributed by atoms with Gasteiger partial charge in [-0.05, 0) is 11.5 Å². The summed E-state index contributed by atoms with van der Waals surface area (Å²) in [5.41, 5.74) is 0.927. The zero-order valence-electron chi connectivity index (χ0n) is 12.0. The van der Waals surface area contributed by atoms with Gasteiger partial charge in [-0.3, -0.25) is 4.79 Å². The predicted molar refractivity (Wildman–Crippen MR) is 87.4 cm³/mol. The predicted octanol–water partition coefficient (Wildman–Crippen LogP) is 5.00. The Morgan fingerprint density at radius 1 is 1.40 bits per heavy atom. The van der Waals surface area contributed by atoms with Crippen molar-refractivity contribution in [1.82, 2.24) is 4.90 Å². The van der Waals surface area contributed by atoms with Gasteiger partial charge in [0.2, 0.25) is 5.91 Å². The molecule has 1 heterocycles. The van der Waals surface area contributed by atoms with E-state index in [-0.39, 0.29) is 16.7 Å². The number of amides is 1. The van der Waals surface area contributed by atoms with Gasteiger partial charge in [0.25, 0.3) is 0 Å². The molecule has 0 N–H and O–H groups in total. The van der Waals surface area contributed by atoms with E-state index in [9.17, 15) is 4.79 Å². The molecule has 0 aliphatic carbocycles. The average molecular weight is 332 g/mol. The second-order valence-electron chi connectivity index (χ2n) is 6.19. The van der Waals surface area contributed by atoms with Gasteiger partial charge in [0.15, 0.2) is 0 Å². The number of carbonyl (C=O) groups is 1. The van der Waals surface area contributed by atoms with Crippen LogP contribution in [0.2, 0.25) is 10.0 Å². The summed E-state index contributed by atoms with van der Waals surface area (Å²) in [7, 11) is 0. The molecule has 1 fully saturated rings. The maximum absolute atomic E-state index is 12.5. The van der Waals surface area contributed by atoms with E-state index in [1.165, 1.54) is 0 Å². The third kappa shape index (κ3) is 3.63. The first-order valence-corrected chi connectivity index (χ1v) is 8.45. The van der Waals surface area contributed by atoms with Crippen LogP contribution in [0.1, 0.15) is 38.1 Å². The molecule has 1 aliphatic heterocycles. The number of thioether (sulfide) groups is 1. The van der Waals surface area contributed by atoms with Crippen molar-refractivity contribution in [1.29, 1.82) is 0 Å². The third-order valence-corrected chi connectivity index (χ3v) is 5.22. The van der Waals surface area contributed by atoms with Gasteiger partial charge in [-0.25, -0.2) is 0 Å². The fourth-order valence-corrected chi connectivity index (χ4v) is 4.03. The summed E-state index contributed by atoms with van der Waals surface area (Å²) in [6.45, 7) is 7.01. The lowest BCUT2D eigenvalue weighted by atomic mass is 9.91. The monoisotopic (exact) mass is 331 g/mol. The zero-order valence-corrected chi connectivity index (χ0v) is 14.3. The highest BCUT2D eigenvalue weighted by molar-refractivity contribution is 7.99. The number of nitrogens with zero attached hydrogens (tertiary/aromatic N) is 1. The molecule has 0 radical (unpaired) electrons. The fourth-order valence-electron chi connectivity index (χ4n) is 2.25. The number of hydrogen-bond donors (Lipinski definition) is 0. The number of halogens is 2. The van der Waals surface area contributed by atoms with Crippen molar-refractivity contribution in [3.63, 3.8) is 0 Å². The molecule has 2 nitrogen and oxygen atoms in total. The second-order valence-corrected chi connectivity index (χ2v) is 8.16. The molecule has 20 heavy (non-hydrogen) atoms. The van der Waals surface area contributed by atoms with Crippen molar-refractivity contribution >= 4 is 40.9 Å². The van der Waals surface area contributed by atoms with Crippen LogP contribution >= 0.6 is 35.0 Å². The summed E-state index contributed by atoms with van der Waals surface area (Å²) in [4.78, 5) is 14.4. The Balaban J connectivity index is 2.23.